The molecule has 1 atom stereocenters. The van der Waals surface area contributed by atoms with Crippen LogP contribution in [0.25, 0.3) is 0 Å². The Bertz CT molecular complexity index is 590. The van der Waals surface area contributed by atoms with E-state index in [9.17, 15) is 5.11 Å². The molecule has 7 heteroatoms. The molecule has 0 spiro atoms. The van der Waals surface area contributed by atoms with Crippen LogP contribution >= 0.6 is 0 Å². The molecule has 0 saturated heterocycles. The molecular weight excluding hydrogens is 284 g/mol. The number of aromatic nitrogens is 4. The first-order valence-electron chi connectivity index (χ1n) is 7.11. The Hall–Kier alpha value is -2.15. The molecule has 0 fully saturated rings. The van der Waals surface area contributed by atoms with Crippen molar-refractivity contribution in [2.45, 2.75) is 38.8 Å². The molecule has 0 amide bonds. The molecule has 1 aromatic carbocycles. The summed E-state index contributed by atoms with van der Waals surface area (Å²) in [6, 6.07) is 7.20. The van der Waals surface area contributed by atoms with E-state index in [2.05, 4.69) is 15.5 Å². The summed E-state index contributed by atoms with van der Waals surface area (Å²) in [7, 11) is 1.61. The van der Waals surface area contributed by atoms with Crippen LogP contribution in [0.1, 0.15) is 26.6 Å². The van der Waals surface area contributed by atoms with Crippen molar-refractivity contribution in [3.05, 3.63) is 30.1 Å². The van der Waals surface area contributed by atoms with Gasteiger partial charge in [-0.2, -0.15) is 0 Å². The van der Waals surface area contributed by atoms with Crippen LogP contribution in [0, 0.1) is 0 Å². The zero-order chi connectivity index (χ0) is 16.2. The number of aliphatic hydroxyl groups excluding tert-OH is 1. The molecule has 0 radical (unpaired) electrons. The molecule has 0 unspecified atom stereocenters. The average Bonchev–Trinajstić information content (AvgIpc) is 2.94. The number of aliphatic hydroxyl groups is 1. The summed E-state index contributed by atoms with van der Waals surface area (Å²) in [6.45, 7) is 6.52. The van der Waals surface area contributed by atoms with Gasteiger partial charge in [-0.1, -0.05) is 20.8 Å². The normalized spacial score (nSPS) is 13.0. The van der Waals surface area contributed by atoms with Crippen molar-refractivity contribution in [1.82, 2.24) is 20.2 Å². The van der Waals surface area contributed by atoms with E-state index in [1.807, 2.05) is 20.8 Å². The van der Waals surface area contributed by atoms with Crippen molar-refractivity contribution in [3.63, 3.8) is 0 Å². The lowest BCUT2D eigenvalue weighted by Crippen LogP contribution is -2.28. The molecule has 22 heavy (non-hydrogen) atoms. The molecule has 1 N–H and O–H groups in total. The third-order valence-electron chi connectivity index (χ3n) is 3.09. The second-order valence-corrected chi connectivity index (χ2v) is 6.07. The summed E-state index contributed by atoms with van der Waals surface area (Å²) in [5.41, 5.74) is -0.180. The molecule has 0 saturated carbocycles. The Labute approximate surface area is 129 Å². The van der Waals surface area contributed by atoms with Gasteiger partial charge in [0.05, 0.1) is 13.7 Å². The first kappa shape index (κ1) is 16.2. The third-order valence-corrected chi connectivity index (χ3v) is 3.09. The minimum atomic E-state index is -0.702. The highest BCUT2D eigenvalue weighted by molar-refractivity contribution is 5.31. The van der Waals surface area contributed by atoms with Gasteiger partial charge >= 0.3 is 0 Å². The SMILES string of the molecule is COc1ccc(OC[C@H](O)Cn2nnnc2C(C)(C)C)cc1. The highest BCUT2D eigenvalue weighted by Crippen LogP contribution is 2.19. The highest BCUT2D eigenvalue weighted by atomic mass is 16.5. The van der Waals surface area contributed by atoms with Gasteiger partial charge in [0.15, 0.2) is 5.82 Å². The van der Waals surface area contributed by atoms with E-state index < -0.39 is 6.10 Å². The van der Waals surface area contributed by atoms with Crippen molar-refractivity contribution in [1.29, 1.82) is 0 Å². The van der Waals surface area contributed by atoms with E-state index in [0.717, 1.165) is 11.6 Å². The third kappa shape index (κ3) is 4.17. The predicted molar refractivity (Wildman–Crippen MR) is 81.0 cm³/mol. The number of methoxy groups -OCH3 is 1. The first-order valence-corrected chi connectivity index (χ1v) is 7.11. The quantitative estimate of drug-likeness (QED) is 0.869. The smallest absolute Gasteiger partial charge is 0.156 e. The minimum Gasteiger partial charge on any atom is -0.497 e. The summed E-state index contributed by atoms with van der Waals surface area (Å²) >= 11 is 0. The topological polar surface area (TPSA) is 82.3 Å². The Morgan fingerprint density at radius 2 is 1.82 bits per heavy atom. The fourth-order valence-electron chi connectivity index (χ4n) is 1.98. The lowest BCUT2D eigenvalue weighted by atomic mass is 9.96. The fraction of sp³-hybridized carbons (Fsp3) is 0.533. The Morgan fingerprint density at radius 1 is 1.18 bits per heavy atom. The van der Waals surface area contributed by atoms with Crippen LogP contribution in [-0.2, 0) is 12.0 Å². The number of benzene rings is 1. The van der Waals surface area contributed by atoms with Gasteiger partial charge in [-0.3, -0.25) is 0 Å². The van der Waals surface area contributed by atoms with E-state index >= 15 is 0 Å². The Kier molecular flexibility index (Phi) is 4.97. The van der Waals surface area contributed by atoms with Crippen molar-refractivity contribution < 1.29 is 14.6 Å². The van der Waals surface area contributed by atoms with E-state index in [1.165, 1.54) is 0 Å². The van der Waals surface area contributed by atoms with Crippen LogP contribution in [0.4, 0.5) is 0 Å². The van der Waals surface area contributed by atoms with Crippen LogP contribution in [0.15, 0.2) is 24.3 Å². The van der Waals surface area contributed by atoms with Gasteiger partial charge in [-0.15, -0.1) is 5.10 Å². The van der Waals surface area contributed by atoms with E-state index in [0.29, 0.717) is 5.75 Å². The second-order valence-electron chi connectivity index (χ2n) is 6.07. The van der Waals surface area contributed by atoms with E-state index in [4.69, 9.17) is 9.47 Å². The maximum Gasteiger partial charge on any atom is 0.156 e. The van der Waals surface area contributed by atoms with E-state index in [1.54, 1.807) is 36.1 Å². The van der Waals surface area contributed by atoms with Crippen LogP contribution < -0.4 is 9.47 Å². The van der Waals surface area contributed by atoms with E-state index in [-0.39, 0.29) is 18.6 Å². The van der Waals surface area contributed by atoms with Crippen molar-refractivity contribution in [2.75, 3.05) is 13.7 Å². The van der Waals surface area contributed by atoms with Crippen LogP contribution in [0.5, 0.6) is 11.5 Å². The van der Waals surface area contributed by atoms with Gasteiger partial charge in [0, 0.05) is 5.41 Å². The molecule has 120 valence electrons. The van der Waals surface area contributed by atoms with Crippen LogP contribution in [0.2, 0.25) is 0 Å². The number of hydrogen-bond acceptors (Lipinski definition) is 6. The monoisotopic (exact) mass is 306 g/mol. The Morgan fingerprint density at radius 3 is 2.41 bits per heavy atom. The number of ether oxygens (including phenoxy) is 2. The highest BCUT2D eigenvalue weighted by Gasteiger charge is 2.23. The Balaban J connectivity index is 1.90. The molecule has 2 rings (SSSR count). The lowest BCUT2D eigenvalue weighted by Gasteiger charge is -2.19. The number of rotatable bonds is 6. The fourth-order valence-corrected chi connectivity index (χ4v) is 1.98. The first-order chi connectivity index (χ1) is 10.4. The van der Waals surface area contributed by atoms with Crippen molar-refractivity contribution >= 4 is 0 Å². The van der Waals surface area contributed by atoms with Gasteiger partial charge in [0.25, 0.3) is 0 Å². The summed E-state index contributed by atoms with van der Waals surface area (Å²) in [5, 5.41) is 21.7. The summed E-state index contributed by atoms with van der Waals surface area (Å²) < 4.78 is 12.2. The zero-order valence-electron chi connectivity index (χ0n) is 13.4. The average molecular weight is 306 g/mol. The standard InChI is InChI=1S/C15H22N4O3/c1-15(2,3)14-16-17-18-19(14)9-11(20)10-22-13-7-5-12(21-4)6-8-13/h5-8,11,20H,9-10H2,1-4H3/t11-/m1/s1. The van der Waals surface area contributed by atoms with Gasteiger partial charge in [-0.25, -0.2) is 4.68 Å². The molecule has 0 aliphatic carbocycles. The lowest BCUT2D eigenvalue weighted by molar-refractivity contribution is 0.0871. The largest absolute Gasteiger partial charge is 0.497 e. The maximum atomic E-state index is 10.1. The molecule has 1 aromatic heterocycles. The number of nitrogens with zero attached hydrogens (tertiary/aromatic N) is 4. The van der Waals surface area contributed by atoms with Crippen LogP contribution in [0.3, 0.4) is 0 Å². The second kappa shape index (κ2) is 6.74. The molecule has 0 aliphatic heterocycles. The predicted octanol–water partition coefficient (Wildman–Crippen LogP) is 1.42. The van der Waals surface area contributed by atoms with Gasteiger partial charge < -0.3 is 14.6 Å². The molecule has 1 heterocycles. The maximum absolute atomic E-state index is 10.1. The van der Waals surface area contributed by atoms with Gasteiger partial charge in [0.2, 0.25) is 0 Å². The van der Waals surface area contributed by atoms with Gasteiger partial charge in [-0.05, 0) is 34.7 Å². The number of hydrogen-bond donors (Lipinski definition) is 1. The number of tetrazole rings is 1. The molecule has 2 aromatic rings. The summed E-state index contributed by atoms with van der Waals surface area (Å²) in [4.78, 5) is 0. The zero-order valence-corrected chi connectivity index (χ0v) is 13.4. The van der Waals surface area contributed by atoms with Crippen molar-refractivity contribution in [2.24, 2.45) is 0 Å². The molecule has 0 bridgehead atoms. The molecule has 0 aliphatic rings. The molecule has 7 nitrogen and oxygen atoms in total. The molecular formula is C15H22N4O3. The van der Waals surface area contributed by atoms with Crippen LogP contribution in [-0.4, -0.2) is 45.1 Å². The van der Waals surface area contributed by atoms with Gasteiger partial charge in [0.1, 0.15) is 24.2 Å². The summed E-state index contributed by atoms with van der Waals surface area (Å²) in [6.07, 6.45) is -0.702. The summed E-state index contributed by atoms with van der Waals surface area (Å²) in [5.74, 6) is 2.17. The van der Waals surface area contributed by atoms with Crippen molar-refractivity contribution in [3.8, 4) is 11.5 Å². The minimum absolute atomic E-state index is 0.162.